The highest BCUT2D eigenvalue weighted by Gasteiger charge is 2.33. The first-order valence-electron chi connectivity index (χ1n) is 6.31. The van der Waals surface area contributed by atoms with Gasteiger partial charge in [-0.1, -0.05) is 31.9 Å². The molecule has 21 heavy (non-hydrogen) atoms. The maximum absolute atomic E-state index is 12.4. The summed E-state index contributed by atoms with van der Waals surface area (Å²) in [6, 6.07) is 4.39. The lowest BCUT2D eigenvalue weighted by Gasteiger charge is -2.12. The molecule has 0 saturated carbocycles. The van der Waals surface area contributed by atoms with Crippen molar-refractivity contribution in [2.75, 3.05) is 16.9 Å². The minimum absolute atomic E-state index is 0.465. The lowest BCUT2D eigenvalue weighted by molar-refractivity contribution is -0.136. The smallest absolute Gasteiger partial charge is 0.283 e. The number of rotatable bonds is 5. The Balaban J connectivity index is 0.000000567. The van der Waals surface area contributed by atoms with Gasteiger partial charge in [0.25, 0.3) is 0 Å². The van der Waals surface area contributed by atoms with Crippen LogP contribution in [0.15, 0.2) is 24.3 Å². The van der Waals surface area contributed by atoms with Crippen LogP contribution in [0.5, 0.6) is 0 Å². The van der Waals surface area contributed by atoms with Crippen LogP contribution in [-0.4, -0.2) is 20.6 Å². The molecular weight excluding hydrogens is 327 g/mol. The van der Waals surface area contributed by atoms with Crippen LogP contribution in [0.4, 0.5) is 18.9 Å². The third-order valence-electron chi connectivity index (χ3n) is 2.27. The lowest BCUT2D eigenvalue weighted by Crippen LogP contribution is -2.15. The van der Waals surface area contributed by atoms with Gasteiger partial charge in [0.2, 0.25) is 10.0 Å². The molecule has 0 heterocycles. The summed E-state index contributed by atoms with van der Waals surface area (Å²) in [5.41, 5.74) is -1.47. The van der Waals surface area contributed by atoms with Gasteiger partial charge in [-0.25, -0.2) is 8.42 Å². The standard InChI is InChI=1S/C8H8F3NO2S.C5H11Cl/c1-15(13,14)12-7-5-3-2-4-6(7)8(9,10)11;1-2-3-4-5-6/h2-5,12H,1H3;2-5H2,1H3. The predicted octanol–water partition coefficient (Wildman–Crippen LogP) is 4.49. The van der Waals surface area contributed by atoms with Gasteiger partial charge in [0.1, 0.15) is 0 Å². The zero-order valence-corrected chi connectivity index (χ0v) is 13.4. The first kappa shape index (κ1) is 20.1. The number of sulfonamides is 1. The van der Waals surface area contributed by atoms with Gasteiger partial charge in [0, 0.05) is 5.88 Å². The van der Waals surface area contributed by atoms with Crippen LogP contribution in [0, 0.1) is 0 Å². The van der Waals surface area contributed by atoms with Crippen LogP contribution in [0.1, 0.15) is 31.7 Å². The highest BCUT2D eigenvalue weighted by Crippen LogP contribution is 2.34. The summed E-state index contributed by atoms with van der Waals surface area (Å²) in [6.07, 6.45) is -0.0529. The van der Waals surface area contributed by atoms with Crippen molar-refractivity contribution in [3.05, 3.63) is 29.8 Å². The van der Waals surface area contributed by atoms with Crippen LogP contribution >= 0.6 is 11.6 Å². The fourth-order valence-corrected chi connectivity index (χ4v) is 2.13. The molecule has 0 unspecified atom stereocenters. The van der Waals surface area contributed by atoms with E-state index in [2.05, 4.69) is 6.92 Å². The van der Waals surface area contributed by atoms with E-state index < -0.39 is 27.5 Å². The summed E-state index contributed by atoms with van der Waals surface area (Å²) in [7, 11) is -3.71. The quantitative estimate of drug-likeness (QED) is 0.631. The molecular formula is C13H19ClF3NO2S. The van der Waals surface area contributed by atoms with Crippen molar-refractivity contribution >= 4 is 27.3 Å². The molecule has 1 aromatic carbocycles. The molecule has 0 spiro atoms. The topological polar surface area (TPSA) is 46.2 Å². The molecule has 0 aliphatic rings. The molecule has 3 nitrogen and oxygen atoms in total. The summed E-state index contributed by atoms with van der Waals surface area (Å²) < 4.78 is 60.6. The molecule has 0 aliphatic carbocycles. The number of hydrogen-bond donors (Lipinski definition) is 1. The molecule has 0 fully saturated rings. The highest BCUT2D eigenvalue weighted by atomic mass is 35.5. The van der Waals surface area contributed by atoms with E-state index in [4.69, 9.17) is 11.6 Å². The number of nitrogens with one attached hydrogen (secondary N) is 1. The minimum Gasteiger partial charge on any atom is -0.283 e. The van der Waals surface area contributed by atoms with Crippen LogP contribution in [-0.2, 0) is 16.2 Å². The van der Waals surface area contributed by atoms with Crippen molar-refractivity contribution in [1.82, 2.24) is 0 Å². The maximum atomic E-state index is 12.4. The Morgan fingerprint density at radius 2 is 1.76 bits per heavy atom. The summed E-state index contributed by atoms with van der Waals surface area (Å²) in [5.74, 6) is 0.827. The number of anilines is 1. The summed E-state index contributed by atoms with van der Waals surface area (Å²) in [5, 5.41) is 0. The average Bonchev–Trinajstić information content (AvgIpc) is 2.34. The first-order chi connectivity index (χ1) is 9.61. The number of para-hydroxylation sites is 1. The van der Waals surface area contributed by atoms with Crippen molar-refractivity contribution in [3.8, 4) is 0 Å². The number of halogens is 4. The van der Waals surface area contributed by atoms with E-state index in [1.165, 1.54) is 31.4 Å². The van der Waals surface area contributed by atoms with E-state index in [0.717, 1.165) is 24.3 Å². The van der Waals surface area contributed by atoms with Gasteiger partial charge >= 0.3 is 6.18 Å². The Kier molecular flexibility index (Phi) is 8.73. The van der Waals surface area contributed by atoms with Gasteiger partial charge in [-0.3, -0.25) is 4.72 Å². The minimum atomic E-state index is -4.58. The molecule has 0 saturated heterocycles. The molecule has 0 aromatic heterocycles. The van der Waals surface area contributed by atoms with Crippen molar-refractivity contribution in [2.24, 2.45) is 0 Å². The maximum Gasteiger partial charge on any atom is 0.418 e. The fraction of sp³-hybridized carbons (Fsp3) is 0.538. The van der Waals surface area contributed by atoms with Crippen molar-refractivity contribution in [3.63, 3.8) is 0 Å². The number of alkyl halides is 4. The van der Waals surface area contributed by atoms with E-state index >= 15 is 0 Å². The van der Waals surface area contributed by atoms with Crippen LogP contribution in [0.2, 0.25) is 0 Å². The van der Waals surface area contributed by atoms with Gasteiger partial charge < -0.3 is 0 Å². The van der Waals surface area contributed by atoms with Crippen LogP contribution in [0.3, 0.4) is 0 Å². The summed E-state index contributed by atoms with van der Waals surface area (Å²) >= 11 is 5.38. The molecule has 0 amide bonds. The highest BCUT2D eigenvalue weighted by molar-refractivity contribution is 7.92. The monoisotopic (exact) mass is 345 g/mol. The average molecular weight is 346 g/mol. The predicted molar refractivity (Wildman–Crippen MR) is 80.2 cm³/mol. The molecule has 8 heteroatoms. The van der Waals surface area contributed by atoms with Gasteiger partial charge in [0.15, 0.2) is 0 Å². The van der Waals surface area contributed by atoms with E-state index in [0.29, 0.717) is 0 Å². The second-order valence-corrected chi connectivity index (χ2v) is 6.44. The largest absolute Gasteiger partial charge is 0.418 e. The normalized spacial score (nSPS) is 11.5. The Hall–Kier alpha value is -0.950. The third kappa shape index (κ3) is 9.57. The second kappa shape index (κ2) is 9.15. The van der Waals surface area contributed by atoms with Crippen molar-refractivity contribution in [2.45, 2.75) is 32.4 Å². The molecule has 122 valence electrons. The number of benzene rings is 1. The van der Waals surface area contributed by atoms with E-state index in [-0.39, 0.29) is 0 Å². The Morgan fingerprint density at radius 1 is 1.19 bits per heavy atom. The SMILES string of the molecule is CCCCCCl.CS(=O)(=O)Nc1ccccc1C(F)(F)F. The third-order valence-corrected chi connectivity index (χ3v) is 3.12. The fourth-order valence-electron chi connectivity index (χ4n) is 1.36. The van der Waals surface area contributed by atoms with Gasteiger partial charge in [-0.15, -0.1) is 11.6 Å². The zero-order chi connectivity index (χ0) is 16.5. The number of unbranched alkanes of at least 4 members (excludes halogenated alkanes) is 2. The Bertz CT molecular complexity index is 514. The second-order valence-electron chi connectivity index (χ2n) is 4.31. The molecule has 1 aromatic rings. The molecule has 0 bridgehead atoms. The van der Waals surface area contributed by atoms with E-state index in [1.54, 1.807) is 0 Å². The molecule has 0 aliphatic heterocycles. The van der Waals surface area contributed by atoms with Crippen molar-refractivity contribution < 1.29 is 21.6 Å². The zero-order valence-electron chi connectivity index (χ0n) is 11.9. The van der Waals surface area contributed by atoms with E-state index in [1.807, 2.05) is 4.72 Å². The Morgan fingerprint density at radius 3 is 2.14 bits per heavy atom. The summed E-state index contributed by atoms with van der Waals surface area (Å²) in [4.78, 5) is 0. The lowest BCUT2D eigenvalue weighted by atomic mass is 10.2. The van der Waals surface area contributed by atoms with Crippen LogP contribution < -0.4 is 4.72 Å². The molecule has 0 radical (unpaired) electrons. The van der Waals surface area contributed by atoms with Gasteiger partial charge in [-0.2, -0.15) is 13.2 Å². The Labute approximate surface area is 128 Å². The van der Waals surface area contributed by atoms with Gasteiger partial charge in [-0.05, 0) is 18.6 Å². The van der Waals surface area contributed by atoms with Gasteiger partial charge in [0.05, 0.1) is 17.5 Å². The van der Waals surface area contributed by atoms with Crippen LogP contribution in [0.25, 0.3) is 0 Å². The van der Waals surface area contributed by atoms with Crippen molar-refractivity contribution in [1.29, 1.82) is 0 Å². The van der Waals surface area contributed by atoms with E-state index in [9.17, 15) is 21.6 Å². The molecule has 1 N–H and O–H groups in total. The molecule has 0 atom stereocenters. The molecule has 1 rings (SSSR count). The first-order valence-corrected chi connectivity index (χ1v) is 8.74. The number of hydrogen-bond acceptors (Lipinski definition) is 2. The summed E-state index contributed by atoms with van der Waals surface area (Å²) in [6.45, 7) is 2.17.